The van der Waals surface area contributed by atoms with Crippen LogP contribution in [0.1, 0.15) is 0 Å². The van der Waals surface area contributed by atoms with Crippen LogP contribution in [0.2, 0.25) is 5.28 Å². The van der Waals surface area contributed by atoms with Crippen molar-refractivity contribution in [2.45, 2.75) is 0 Å². The van der Waals surface area contributed by atoms with Crippen LogP contribution in [-0.4, -0.2) is 30.5 Å². The van der Waals surface area contributed by atoms with Crippen molar-refractivity contribution < 1.29 is 17.9 Å². The van der Waals surface area contributed by atoms with Gasteiger partial charge in [-0.05, 0) is 27.5 Å². The van der Waals surface area contributed by atoms with E-state index in [1.807, 2.05) is 0 Å². The molecule has 1 aromatic heterocycles. The third-order valence-corrected chi connectivity index (χ3v) is 4.09. The van der Waals surface area contributed by atoms with Gasteiger partial charge in [0.1, 0.15) is 5.82 Å². The van der Waals surface area contributed by atoms with E-state index in [0.29, 0.717) is 4.47 Å². The minimum atomic E-state index is -2.98. The first-order valence-corrected chi connectivity index (χ1v) is 7.95. The highest BCUT2D eigenvalue weighted by Crippen LogP contribution is 2.35. The molecule has 7 nitrogen and oxygen atoms in total. The minimum absolute atomic E-state index is 0.0386. The number of anilines is 3. The number of phenols is 1. The van der Waals surface area contributed by atoms with Crippen LogP contribution < -0.4 is 9.62 Å². The lowest BCUT2D eigenvalue weighted by molar-refractivity contribution is 0.433. The van der Waals surface area contributed by atoms with E-state index in [2.05, 4.69) is 31.2 Å². The Morgan fingerprint density at radius 3 is 2.77 bits per heavy atom. The average Bonchev–Trinajstić information content (AvgIpc) is 2.45. The van der Waals surface area contributed by atoms with Gasteiger partial charge in [0.05, 0.1) is 15.8 Å². The molecule has 0 saturated carbocycles. The SMILES string of the molecule is CN(c1cc(O)c(F)cc1Nc1nc(Cl)ncc1Br)[SH](=O)=O. The third kappa shape index (κ3) is 3.57. The van der Waals surface area contributed by atoms with Crippen LogP contribution in [0.4, 0.5) is 21.6 Å². The maximum absolute atomic E-state index is 13.6. The Labute approximate surface area is 140 Å². The molecule has 0 unspecified atom stereocenters. The Morgan fingerprint density at radius 2 is 2.14 bits per heavy atom. The number of phenolic OH excluding ortho intramolecular Hbond substituents is 1. The lowest BCUT2D eigenvalue weighted by atomic mass is 10.2. The summed E-state index contributed by atoms with van der Waals surface area (Å²) >= 11 is 8.88. The Morgan fingerprint density at radius 1 is 1.45 bits per heavy atom. The number of rotatable bonds is 4. The largest absolute Gasteiger partial charge is 0.505 e. The molecule has 0 saturated heterocycles. The van der Waals surface area contributed by atoms with Crippen LogP contribution in [0.3, 0.4) is 0 Å². The molecule has 11 heteroatoms. The molecule has 2 N–H and O–H groups in total. The van der Waals surface area contributed by atoms with Gasteiger partial charge in [-0.3, -0.25) is 4.31 Å². The molecular formula is C11H9BrClFN4O3S. The maximum Gasteiger partial charge on any atom is 0.224 e. The number of aromatic hydroxyl groups is 1. The second-order valence-corrected chi connectivity index (χ2v) is 6.31. The van der Waals surface area contributed by atoms with Crippen LogP contribution >= 0.6 is 27.5 Å². The van der Waals surface area contributed by atoms with E-state index >= 15 is 0 Å². The Balaban J connectivity index is 2.54. The lowest BCUT2D eigenvalue weighted by Crippen LogP contribution is -2.16. The molecule has 1 aromatic carbocycles. The molecule has 0 aliphatic heterocycles. The standard InChI is InChI=1S/C11H9BrClFN4O3S/c1-18(22(20)21)8-3-9(19)6(14)2-7(8)16-10-5(12)4-15-11(13)17-10/h2-4,19,22H,1H3,(H,15,16,17). The highest BCUT2D eigenvalue weighted by Gasteiger charge is 2.16. The smallest absolute Gasteiger partial charge is 0.224 e. The molecule has 118 valence electrons. The molecule has 1 heterocycles. The lowest BCUT2D eigenvalue weighted by Gasteiger charge is -2.18. The van der Waals surface area contributed by atoms with Crippen LogP contribution in [0, 0.1) is 5.82 Å². The quantitative estimate of drug-likeness (QED) is 0.406. The van der Waals surface area contributed by atoms with E-state index in [9.17, 15) is 17.9 Å². The molecule has 0 radical (unpaired) electrons. The van der Waals surface area contributed by atoms with Gasteiger partial charge in [-0.15, -0.1) is 0 Å². The Bertz CT molecular complexity index is 797. The van der Waals surface area contributed by atoms with Gasteiger partial charge >= 0.3 is 0 Å². The summed E-state index contributed by atoms with van der Waals surface area (Å²) < 4.78 is 37.1. The zero-order chi connectivity index (χ0) is 16.4. The number of hydrogen-bond acceptors (Lipinski definition) is 6. The fraction of sp³-hybridized carbons (Fsp3) is 0.0909. The molecule has 0 aliphatic carbocycles. The highest BCUT2D eigenvalue weighted by atomic mass is 79.9. The van der Waals surface area contributed by atoms with Crippen LogP contribution in [0.5, 0.6) is 5.75 Å². The van der Waals surface area contributed by atoms with Gasteiger partial charge in [0.2, 0.25) is 16.2 Å². The third-order valence-electron chi connectivity index (χ3n) is 2.63. The number of halogens is 3. The van der Waals surface area contributed by atoms with Gasteiger partial charge in [0.25, 0.3) is 0 Å². The number of thiol groups is 1. The summed E-state index contributed by atoms with van der Waals surface area (Å²) in [6.07, 6.45) is 1.38. The van der Waals surface area contributed by atoms with E-state index in [1.165, 1.54) is 13.2 Å². The summed E-state index contributed by atoms with van der Waals surface area (Å²) in [6.45, 7) is 0. The Kier molecular flexibility index (Phi) is 5.04. The number of nitrogens with zero attached hydrogens (tertiary/aromatic N) is 3. The van der Waals surface area contributed by atoms with Crippen molar-refractivity contribution in [2.75, 3.05) is 16.7 Å². The minimum Gasteiger partial charge on any atom is -0.505 e. The first-order chi connectivity index (χ1) is 10.3. The number of aromatic nitrogens is 2. The van der Waals surface area contributed by atoms with E-state index in [0.717, 1.165) is 16.4 Å². The maximum atomic E-state index is 13.6. The molecule has 0 atom stereocenters. The normalized spacial score (nSPS) is 10.8. The molecule has 0 aliphatic rings. The van der Waals surface area contributed by atoms with E-state index in [-0.39, 0.29) is 22.5 Å². The first kappa shape index (κ1) is 16.7. The molecule has 0 spiro atoms. The zero-order valence-electron chi connectivity index (χ0n) is 10.9. The van der Waals surface area contributed by atoms with Crippen molar-refractivity contribution in [3.8, 4) is 5.75 Å². The van der Waals surface area contributed by atoms with E-state index < -0.39 is 22.5 Å². The Hall–Kier alpha value is -1.65. The number of hydrogen-bond donors (Lipinski definition) is 3. The van der Waals surface area contributed by atoms with Crippen molar-refractivity contribution in [3.63, 3.8) is 0 Å². The first-order valence-electron chi connectivity index (χ1n) is 5.65. The number of nitrogens with one attached hydrogen (secondary N) is 1. The summed E-state index contributed by atoms with van der Waals surface area (Å²) in [5, 5.41) is 12.1. The predicted octanol–water partition coefficient (Wildman–Crippen LogP) is 2.44. The molecule has 2 aromatic rings. The van der Waals surface area contributed by atoms with Gasteiger partial charge < -0.3 is 10.4 Å². The van der Waals surface area contributed by atoms with Crippen molar-refractivity contribution in [2.24, 2.45) is 0 Å². The molecule has 0 amide bonds. The van der Waals surface area contributed by atoms with Crippen LogP contribution in [0.25, 0.3) is 0 Å². The predicted molar refractivity (Wildman–Crippen MR) is 84.8 cm³/mol. The summed E-state index contributed by atoms with van der Waals surface area (Å²) in [4.78, 5) is 7.65. The average molecular weight is 412 g/mol. The molecule has 22 heavy (non-hydrogen) atoms. The van der Waals surface area contributed by atoms with Crippen molar-refractivity contribution in [1.29, 1.82) is 0 Å². The summed E-state index contributed by atoms with van der Waals surface area (Å²) in [5.74, 6) is -1.39. The van der Waals surface area contributed by atoms with Gasteiger partial charge in [-0.1, -0.05) is 0 Å². The monoisotopic (exact) mass is 410 g/mol. The van der Waals surface area contributed by atoms with E-state index in [1.54, 1.807) is 0 Å². The van der Waals surface area contributed by atoms with Gasteiger partial charge in [0.15, 0.2) is 11.6 Å². The van der Waals surface area contributed by atoms with Crippen LogP contribution in [-0.2, 0) is 10.9 Å². The number of benzene rings is 1. The second kappa shape index (κ2) is 6.63. The molecule has 0 fully saturated rings. The van der Waals surface area contributed by atoms with Gasteiger partial charge in [0, 0.05) is 25.4 Å². The molecular weight excluding hydrogens is 403 g/mol. The van der Waals surface area contributed by atoms with Gasteiger partial charge in [-0.25, -0.2) is 17.8 Å². The fourth-order valence-corrected chi connectivity index (χ4v) is 2.33. The van der Waals surface area contributed by atoms with Crippen molar-refractivity contribution in [1.82, 2.24) is 9.97 Å². The van der Waals surface area contributed by atoms with Crippen LogP contribution in [0.15, 0.2) is 22.8 Å². The molecule has 2 rings (SSSR count). The summed E-state index contributed by atoms with van der Waals surface area (Å²) in [5.41, 5.74) is 0.115. The summed E-state index contributed by atoms with van der Waals surface area (Å²) in [7, 11) is -1.72. The summed E-state index contributed by atoms with van der Waals surface area (Å²) in [6, 6.07) is 1.93. The van der Waals surface area contributed by atoms with Gasteiger partial charge in [-0.2, -0.15) is 4.98 Å². The second-order valence-electron chi connectivity index (χ2n) is 4.04. The van der Waals surface area contributed by atoms with E-state index in [4.69, 9.17) is 11.6 Å². The fourth-order valence-electron chi connectivity index (χ4n) is 1.57. The van der Waals surface area contributed by atoms with Crippen molar-refractivity contribution >= 4 is 55.6 Å². The molecule has 0 bridgehead atoms. The topological polar surface area (TPSA) is 95.4 Å². The van der Waals surface area contributed by atoms with Crippen molar-refractivity contribution in [3.05, 3.63) is 33.9 Å². The highest BCUT2D eigenvalue weighted by molar-refractivity contribution is 9.10. The zero-order valence-corrected chi connectivity index (χ0v) is 14.2.